The molecule has 0 aliphatic carbocycles. The Morgan fingerprint density at radius 3 is 2.86 bits per heavy atom. The summed E-state index contributed by atoms with van der Waals surface area (Å²) in [4.78, 5) is 6.38. The second-order valence-electron chi connectivity index (χ2n) is 5.84. The van der Waals surface area contributed by atoms with E-state index in [1.54, 1.807) is 6.20 Å². The molecule has 1 aromatic heterocycles. The van der Waals surface area contributed by atoms with Crippen LogP contribution in [-0.2, 0) is 0 Å². The standard InChI is InChI=1S/C16H17N3O3/c1-11(2)19(20)9-18(16-13(19)4-3-7-17-16)12-5-6-14-15(8-12)22-10-21-14/h3-8,11H,9-10H2,1-2H3. The third-order valence-corrected chi connectivity index (χ3v) is 4.28. The van der Waals surface area contributed by atoms with Crippen molar-refractivity contribution < 1.29 is 9.47 Å². The van der Waals surface area contributed by atoms with Gasteiger partial charge in [0, 0.05) is 18.3 Å². The Bertz CT molecular complexity index is 734. The van der Waals surface area contributed by atoms with Crippen LogP contribution in [0.3, 0.4) is 0 Å². The summed E-state index contributed by atoms with van der Waals surface area (Å²) >= 11 is 0. The molecule has 2 aliphatic rings. The van der Waals surface area contributed by atoms with Crippen LogP contribution in [0.1, 0.15) is 13.8 Å². The van der Waals surface area contributed by atoms with Gasteiger partial charge < -0.3 is 19.3 Å². The fourth-order valence-electron chi connectivity index (χ4n) is 2.94. The third-order valence-electron chi connectivity index (χ3n) is 4.28. The predicted octanol–water partition coefficient (Wildman–Crippen LogP) is 3.13. The van der Waals surface area contributed by atoms with Crippen molar-refractivity contribution in [1.82, 2.24) is 9.63 Å². The largest absolute Gasteiger partial charge is 0.626 e. The van der Waals surface area contributed by atoms with Crippen molar-refractivity contribution in [2.24, 2.45) is 0 Å². The minimum atomic E-state index is -0.405. The van der Waals surface area contributed by atoms with Gasteiger partial charge in [-0.05, 0) is 32.0 Å². The maximum atomic E-state index is 13.2. The highest BCUT2D eigenvalue weighted by molar-refractivity contribution is 5.78. The van der Waals surface area contributed by atoms with Gasteiger partial charge in [-0.25, -0.2) is 4.98 Å². The fourth-order valence-corrected chi connectivity index (χ4v) is 2.94. The van der Waals surface area contributed by atoms with E-state index < -0.39 is 4.65 Å². The van der Waals surface area contributed by atoms with Gasteiger partial charge in [0.05, 0.1) is 11.7 Å². The molecule has 6 nitrogen and oxygen atoms in total. The predicted molar refractivity (Wildman–Crippen MR) is 84.1 cm³/mol. The topological polar surface area (TPSA) is 57.7 Å². The first-order chi connectivity index (χ1) is 10.6. The highest BCUT2D eigenvalue weighted by Gasteiger charge is 2.40. The van der Waals surface area contributed by atoms with Gasteiger partial charge in [0.1, 0.15) is 0 Å². The van der Waals surface area contributed by atoms with Crippen LogP contribution in [0.25, 0.3) is 0 Å². The molecular weight excluding hydrogens is 282 g/mol. The smallest absolute Gasteiger partial charge is 0.231 e. The molecule has 4 rings (SSSR count). The molecule has 2 aromatic rings. The number of hydrogen-bond acceptors (Lipinski definition) is 5. The van der Waals surface area contributed by atoms with Gasteiger partial charge >= 0.3 is 0 Å². The maximum absolute atomic E-state index is 13.2. The lowest BCUT2D eigenvalue weighted by Crippen LogP contribution is -2.50. The van der Waals surface area contributed by atoms with Gasteiger partial charge in [0.15, 0.2) is 29.7 Å². The molecule has 0 N–H and O–H groups in total. The minimum Gasteiger partial charge on any atom is -0.626 e. The molecule has 114 valence electrons. The van der Waals surface area contributed by atoms with Crippen molar-refractivity contribution in [1.29, 1.82) is 0 Å². The lowest BCUT2D eigenvalue weighted by atomic mass is 10.2. The van der Waals surface area contributed by atoms with Gasteiger partial charge in [0.25, 0.3) is 0 Å². The van der Waals surface area contributed by atoms with E-state index in [4.69, 9.17) is 9.47 Å². The second kappa shape index (κ2) is 4.59. The zero-order valence-corrected chi connectivity index (χ0v) is 12.5. The lowest BCUT2D eigenvalue weighted by Gasteiger charge is -2.41. The van der Waals surface area contributed by atoms with Crippen molar-refractivity contribution in [2.75, 3.05) is 18.4 Å². The quantitative estimate of drug-likeness (QED) is 0.630. The van der Waals surface area contributed by atoms with Crippen LogP contribution in [0, 0.1) is 5.21 Å². The monoisotopic (exact) mass is 299 g/mol. The molecule has 1 atom stereocenters. The summed E-state index contributed by atoms with van der Waals surface area (Å²) in [7, 11) is 0. The first-order valence-electron chi connectivity index (χ1n) is 7.31. The van der Waals surface area contributed by atoms with E-state index in [1.807, 2.05) is 49.1 Å². The van der Waals surface area contributed by atoms with E-state index in [1.165, 1.54) is 0 Å². The third kappa shape index (κ3) is 1.77. The molecule has 2 aliphatic heterocycles. The molecule has 0 fully saturated rings. The van der Waals surface area contributed by atoms with Crippen LogP contribution in [-0.4, -0.2) is 24.5 Å². The first kappa shape index (κ1) is 13.4. The van der Waals surface area contributed by atoms with Crippen molar-refractivity contribution in [3.63, 3.8) is 0 Å². The summed E-state index contributed by atoms with van der Waals surface area (Å²) in [6.07, 6.45) is 1.72. The number of aromatic nitrogens is 1. The summed E-state index contributed by atoms with van der Waals surface area (Å²) in [5.74, 6) is 2.15. The van der Waals surface area contributed by atoms with Crippen molar-refractivity contribution in [2.45, 2.75) is 19.9 Å². The SMILES string of the molecule is CC(C)[N+]1([O-])CN(c2ccc3c(c2)OCO3)c2ncccc21. The van der Waals surface area contributed by atoms with Gasteiger partial charge in [0.2, 0.25) is 6.79 Å². The summed E-state index contributed by atoms with van der Waals surface area (Å²) in [5, 5.41) is 13.2. The molecule has 0 amide bonds. The number of fused-ring (bicyclic) bond motifs is 2. The lowest BCUT2D eigenvalue weighted by molar-refractivity contribution is 0.174. The summed E-state index contributed by atoms with van der Waals surface area (Å²) < 4.78 is 10.4. The average molecular weight is 299 g/mol. The van der Waals surface area contributed by atoms with Crippen LogP contribution in [0.4, 0.5) is 17.2 Å². The van der Waals surface area contributed by atoms with Crippen molar-refractivity contribution >= 4 is 17.2 Å². The highest BCUT2D eigenvalue weighted by Crippen LogP contribution is 2.46. The molecule has 0 spiro atoms. The van der Waals surface area contributed by atoms with Crippen LogP contribution < -0.4 is 19.0 Å². The van der Waals surface area contributed by atoms with Crippen molar-refractivity contribution in [3.05, 3.63) is 41.7 Å². The number of rotatable bonds is 2. The Labute approximate surface area is 128 Å². The number of hydroxylamine groups is 2. The number of anilines is 2. The molecular formula is C16H17N3O3. The van der Waals surface area contributed by atoms with E-state index >= 15 is 0 Å². The zero-order chi connectivity index (χ0) is 15.3. The molecule has 6 heteroatoms. The Morgan fingerprint density at radius 2 is 2.05 bits per heavy atom. The maximum Gasteiger partial charge on any atom is 0.231 e. The normalized spacial score (nSPS) is 22.3. The average Bonchev–Trinajstić information content (AvgIpc) is 3.10. The molecule has 1 aromatic carbocycles. The van der Waals surface area contributed by atoms with Crippen LogP contribution in [0.2, 0.25) is 0 Å². The number of hydrogen-bond donors (Lipinski definition) is 0. The van der Waals surface area contributed by atoms with E-state index in [9.17, 15) is 5.21 Å². The Kier molecular flexibility index (Phi) is 2.79. The zero-order valence-electron chi connectivity index (χ0n) is 12.5. The summed E-state index contributed by atoms with van der Waals surface area (Å²) in [6, 6.07) is 9.30. The van der Waals surface area contributed by atoms with E-state index in [-0.39, 0.29) is 12.8 Å². The van der Waals surface area contributed by atoms with Gasteiger partial charge in [-0.1, -0.05) is 0 Å². The fraction of sp³-hybridized carbons (Fsp3) is 0.312. The van der Waals surface area contributed by atoms with Crippen molar-refractivity contribution in [3.8, 4) is 11.5 Å². The van der Waals surface area contributed by atoms with Gasteiger partial charge in [-0.2, -0.15) is 0 Å². The van der Waals surface area contributed by atoms with Gasteiger partial charge in [-0.3, -0.25) is 4.90 Å². The van der Waals surface area contributed by atoms with Crippen LogP contribution >= 0.6 is 0 Å². The van der Waals surface area contributed by atoms with Gasteiger partial charge in [-0.15, -0.1) is 0 Å². The molecule has 0 radical (unpaired) electrons. The minimum absolute atomic E-state index is 0.0815. The summed E-state index contributed by atoms with van der Waals surface area (Å²) in [5.41, 5.74) is 1.59. The molecule has 0 saturated carbocycles. The number of pyridine rings is 1. The number of nitrogens with zero attached hydrogens (tertiary/aromatic N) is 3. The second-order valence-corrected chi connectivity index (χ2v) is 5.84. The van der Waals surface area contributed by atoms with E-state index in [0.29, 0.717) is 23.9 Å². The van der Waals surface area contributed by atoms with E-state index in [2.05, 4.69) is 4.98 Å². The molecule has 0 bridgehead atoms. The van der Waals surface area contributed by atoms with Crippen LogP contribution in [0.5, 0.6) is 11.5 Å². The molecule has 22 heavy (non-hydrogen) atoms. The summed E-state index contributed by atoms with van der Waals surface area (Å²) in [6.45, 7) is 4.42. The number of ether oxygens (including phenoxy) is 2. The Balaban J connectivity index is 1.81. The van der Waals surface area contributed by atoms with E-state index in [0.717, 1.165) is 11.4 Å². The molecule has 1 unspecified atom stereocenters. The van der Waals surface area contributed by atoms with Crippen LogP contribution in [0.15, 0.2) is 36.5 Å². The number of benzene rings is 1. The Hall–Kier alpha value is -2.31. The molecule has 3 heterocycles. The first-order valence-corrected chi connectivity index (χ1v) is 7.31. The number of quaternary nitrogens is 1. The molecule has 0 saturated heterocycles. The Morgan fingerprint density at radius 1 is 1.23 bits per heavy atom. The highest BCUT2D eigenvalue weighted by atomic mass is 16.7.